The first kappa shape index (κ1) is 10.5. The van der Waals surface area contributed by atoms with Gasteiger partial charge in [0.05, 0.1) is 16.8 Å². The SMILES string of the molecule is Cc1nc(Cl)c(C(=O)O)cc1C(=O)O. The molecule has 0 aromatic carbocycles. The van der Waals surface area contributed by atoms with Crippen molar-refractivity contribution in [2.24, 2.45) is 0 Å². The number of aromatic nitrogens is 1. The van der Waals surface area contributed by atoms with Gasteiger partial charge in [-0.1, -0.05) is 11.6 Å². The van der Waals surface area contributed by atoms with Gasteiger partial charge >= 0.3 is 11.9 Å². The van der Waals surface area contributed by atoms with E-state index in [9.17, 15) is 9.59 Å². The van der Waals surface area contributed by atoms with Crippen LogP contribution in [-0.4, -0.2) is 27.1 Å². The van der Waals surface area contributed by atoms with Gasteiger partial charge in [-0.3, -0.25) is 0 Å². The van der Waals surface area contributed by atoms with Gasteiger partial charge in [0.2, 0.25) is 0 Å². The lowest BCUT2D eigenvalue weighted by Crippen LogP contribution is -2.07. The molecule has 0 aliphatic carbocycles. The summed E-state index contributed by atoms with van der Waals surface area (Å²) in [6.07, 6.45) is 0. The fourth-order valence-corrected chi connectivity index (χ4v) is 1.20. The summed E-state index contributed by atoms with van der Waals surface area (Å²) in [4.78, 5) is 24.8. The predicted octanol–water partition coefficient (Wildman–Crippen LogP) is 1.44. The van der Waals surface area contributed by atoms with E-state index in [1.165, 1.54) is 6.92 Å². The summed E-state index contributed by atoms with van der Waals surface area (Å²) in [6, 6.07) is 0.995. The van der Waals surface area contributed by atoms with Gasteiger partial charge in [-0.2, -0.15) is 0 Å². The number of hydrogen-bond donors (Lipinski definition) is 2. The maximum atomic E-state index is 10.6. The van der Waals surface area contributed by atoms with Crippen LogP contribution < -0.4 is 0 Å². The van der Waals surface area contributed by atoms with Crippen molar-refractivity contribution in [3.63, 3.8) is 0 Å². The van der Waals surface area contributed by atoms with Crippen molar-refractivity contribution in [2.45, 2.75) is 6.92 Å². The van der Waals surface area contributed by atoms with Crippen LogP contribution in [0.25, 0.3) is 0 Å². The van der Waals surface area contributed by atoms with E-state index in [2.05, 4.69) is 4.98 Å². The van der Waals surface area contributed by atoms with Crippen LogP contribution in [0.4, 0.5) is 0 Å². The number of carbonyl (C=O) groups is 2. The lowest BCUT2D eigenvalue weighted by molar-refractivity contribution is 0.0695. The minimum atomic E-state index is -1.30. The molecule has 0 spiro atoms. The second-order valence-corrected chi connectivity index (χ2v) is 2.93. The number of aryl methyl sites for hydroxylation is 1. The number of nitrogens with zero attached hydrogens (tertiary/aromatic N) is 1. The van der Waals surface area contributed by atoms with Crippen molar-refractivity contribution in [3.8, 4) is 0 Å². The molecular formula is C8H6ClNO4. The summed E-state index contributed by atoms with van der Waals surface area (Å²) in [7, 11) is 0. The molecule has 0 amide bonds. The summed E-state index contributed by atoms with van der Waals surface area (Å²) in [5, 5.41) is 17.1. The average Bonchev–Trinajstić information content (AvgIpc) is 2.02. The van der Waals surface area contributed by atoms with Crippen molar-refractivity contribution in [3.05, 3.63) is 28.0 Å². The Balaban J connectivity index is 3.42. The summed E-state index contributed by atoms with van der Waals surface area (Å²) in [5.74, 6) is -2.53. The fourth-order valence-electron chi connectivity index (χ4n) is 0.942. The van der Waals surface area contributed by atoms with Crippen LogP contribution in [0.3, 0.4) is 0 Å². The third-order valence-corrected chi connectivity index (χ3v) is 1.92. The fraction of sp³-hybridized carbons (Fsp3) is 0.125. The van der Waals surface area contributed by atoms with E-state index in [1.807, 2.05) is 0 Å². The van der Waals surface area contributed by atoms with Gasteiger partial charge in [0.25, 0.3) is 0 Å². The van der Waals surface area contributed by atoms with Gasteiger partial charge in [-0.05, 0) is 13.0 Å². The molecule has 2 N–H and O–H groups in total. The first-order valence-electron chi connectivity index (χ1n) is 3.57. The maximum Gasteiger partial charge on any atom is 0.338 e. The molecule has 6 heteroatoms. The van der Waals surface area contributed by atoms with E-state index < -0.39 is 11.9 Å². The molecule has 14 heavy (non-hydrogen) atoms. The van der Waals surface area contributed by atoms with Gasteiger partial charge in [0, 0.05) is 0 Å². The molecule has 0 fully saturated rings. The first-order chi connectivity index (χ1) is 6.43. The Morgan fingerprint density at radius 1 is 1.29 bits per heavy atom. The van der Waals surface area contributed by atoms with Crippen LogP contribution in [0, 0.1) is 6.92 Å². The normalized spacial score (nSPS) is 9.86. The Hall–Kier alpha value is -1.62. The second-order valence-electron chi connectivity index (χ2n) is 2.57. The van der Waals surface area contributed by atoms with Crippen LogP contribution in [0.2, 0.25) is 5.15 Å². The van der Waals surface area contributed by atoms with Crippen LogP contribution in [0.5, 0.6) is 0 Å². The molecule has 1 aromatic rings. The van der Waals surface area contributed by atoms with Gasteiger partial charge < -0.3 is 10.2 Å². The lowest BCUT2D eigenvalue weighted by Gasteiger charge is -2.03. The predicted molar refractivity (Wildman–Crippen MR) is 47.9 cm³/mol. The van der Waals surface area contributed by atoms with Crippen molar-refractivity contribution in [1.82, 2.24) is 4.98 Å². The molecule has 5 nitrogen and oxygen atoms in total. The summed E-state index contributed by atoms with van der Waals surface area (Å²) < 4.78 is 0. The number of aromatic carboxylic acids is 2. The number of halogens is 1. The molecule has 0 unspecified atom stereocenters. The van der Waals surface area contributed by atoms with Gasteiger partial charge in [-0.25, -0.2) is 14.6 Å². The minimum Gasteiger partial charge on any atom is -0.478 e. The zero-order valence-corrected chi connectivity index (χ0v) is 7.87. The van der Waals surface area contributed by atoms with Crippen LogP contribution >= 0.6 is 11.6 Å². The Morgan fingerprint density at radius 2 is 1.79 bits per heavy atom. The number of carboxylic acids is 2. The summed E-state index contributed by atoms with van der Waals surface area (Å²) in [5.41, 5.74) is -0.283. The molecule has 0 saturated carbocycles. The van der Waals surface area contributed by atoms with E-state index in [0.29, 0.717) is 0 Å². The first-order valence-corrected chi connectivity index (χ1v) is 3.95. The molecule has 1 heterocycles. The van der Waals surface area contributed by atoms with E-state index in [1.54, 1.807) is 0 Å². The molecule has 0 saturated heterocycles. The van der Waals surface area contributed by atoms with Crippen molar-refractivity contribution < 1.29 is 19.8 Å². The zero-order chi connectivity index (χ0) is 10.9. The molecule has 0 atom stereocenters. The number of pyridine rings is 1. The van der Waals surface area contributed by atoms with E-state index in [-0.39, 0.29) is 22.0 Å². The Morgan fingerprint density at radius 3 is 2.21 bits per heavy atom. The third kappa shape index (κ3) is 1.82. The van der Waals surface area contributed by atoms with Crippen LogP contribution in [-0.2, 0) is 0 Å². The molecule has 1 rings (SSSR count). The molecule has 0 bridgehead atoms. The summed E-state index contributed by atoms with van der Waals surface area (Å²) in [6.45, 7) is 1.45. The molecule has 0 aliphatic heterocycles. The van der Waals surface area contributed by atoms with Crippen molar-refractivity contribution >= 4 is 23.5 Å². The second kappa shape index (κ2) is 3.63. The lowest BCUT2D eigenvalue weighted by atomic mass is 10.1. The third-order valence-electron chi connectivity index (χ3n) is 1.63. The van der Waals surface area contributed by atoms with Crippen molar-refractivity contribution in [1.29, 1.82) is 0 Å². The van der Waals surface area contributed by atoms with Crippen molar-refractivity contribution in [2.75, 3.05) is 0 Å². The molecular weight excluding hydrogens is 210 g/mol. The van der Waals surface area contributed by atoms with Gasteiger partial charge in [-0.15, -0.1) is 0 Å². The maximum absolute atomic E-state index is 10.6. The Labute approximate surface area is 84.0 Å². The number of rotatable bonds is 2. The van der Waals surface area contributed by atoms with Crippen LogP contribution in [0.1, 0.15) is 26.4 Å². The zero-order valence-electron chi connectivity index (χ0n) is 7.11. The molecule has 1 aromatic heterocycles. The van der Waals surface area contributed by atoms with Crippen LogP contribution in [0.15, 0.2) is 6.07 Å². The summed E-state index contributed by atoms with van der Waals surface area (Å²) >= 11 is 5.52. The molecule has 0 radical (unpaired) electrons. The highest BCUT2D eigenvalue weighted by atomic mass is 35.5. The minimum absolute atomic E-state index is 0.160. The Kier molecular flexibility index (Phi) is 2.71. The standard InChI is InChI=1S/C8H6ClNO4/c1-3-4(7(11)12)2-5(8(13)14)6(9)10-3/h2H,1H3,(H,11,12)(H,13,14). The quantitative estimate of drug-likeness (QED) is 0.729. The van der Waals surface area contributed by atoms with E-state index >= 15 is 0 Å². The van der Waals surface area contributed by atoms with Gasteiger partial charge in [0.15, 0.2) is 0 Å². The number of hydrogen-bond acceptors (Lipinski definition) is 3. The molecule has 74 valence electrons. The Bertz CT molecular complexity index is 381. The number of carboxylic acid groups (broad SMARTS) is 2. The topological polar surface area (TPSA) is 87.5 Å². The van der Waals surface area contributed by atoms with E-state index in [0.717, 1.165) is 6.07 Å². The van der Waals surface area contributed by atoms with Gasteiger partial charge in [0.1, 0.15) is 5.15 Å². The highest BCUT2D eigenvalue weighted by molar-refractivity contribution is 6.32. The monoisotopic (exact) mass is 215 g/mol. The highest BCUT2D eigenvalue weighted by Crippen LogP contribution is 2.17. The van der Waals surface area contributed by atoms with E-state index in [4.69, 9.17) is 21.8 Å². The highest BCUT2D eigenvalue weighted by Gasteiger charge is 2.16. The largest absolute Gasteiger partial charge is 0.478 e. The molecule has 0 aliphatic rings. The average molecular weight is 216 g/mol. The smallest absolute Gasteiger partial charge is 0.338 e.